The van der Waals surface area contributed by atoms with Gasteiger partial charge in [-0.3, -0.25) is 0 Å². The van der Waals surface area contributed by atoms with E-state index in [0.29, 0.717) is 0 Å². The smallest absolute Gasteiger partial charge is 0.00543 e. The molecule has 0 bridgehead atoms. The second-order valence-electron chi connectivity index (χ2n) is 5.49. The Morgan fingerprint density at radius 2 is 1.55 bits per heavy atom. The van der Waals surface area contributed by atoms with Gasteiger partial charge in [0.2, 0.25) is 0 Å². The number of allylic oxidation sites excluding steroid dienone is 1. The summed E-state index contributed by atoms with van der Waals surface area (Å²) in [6.45, 7) is 0. The van der Waals surface area contributed by atoms with Gasteiger partial charge >= 0.3 is 0 Å². The largest absolute Gasteiger partial charge is 0.0619 e. The summed E-state index contributed by atoms with van der Waals surface area (Å²) < 4.78 is 0. The fourth-order valence-corrected chi connectivity index (χ4v) is 3.16. The Balaban J connectivity index is 1.70. The van der Waals surface area contributed by atoms with Crippen molar-refractivity contribution < 1.29 is 0 Å². The first-order valence-electron chi connectivity index (χ1n) is 7.14. The molecule has 0 amide bonds. The van der Waals surface area contributed by atoms with Crippen LogP contribution in [0, 0.1) is 0 Å². The Labute approximate surface area is 119 Å². The molecule has 0 heteroatoms. The SMILES string of the molecule is C1=C(Cc2cccc3ccccc23)Cc2ccccc21. The third-order valence-corrected chi connectivity index (χ3v) is 4.13. The molecule has 3 aromatic carbocycles. The third kappa shape index (κ3) is 1.94. The first-order valence-corrected chi connectivity index (χ1v) is 7.14. The molecule has 0 spiro atoms. The maximum Gasteiger partial charge on any atom is -0.00543 e. The summed E-state index contributed by atoms with van der Waals surface area (Å²) in [6, 6.07) is 24.0. The zero-order valence-corrected chi connectivity index (χ0v) is 11.3. The molecule has 20 heavy (non-hydrogen) atoms. The van der Waals surface area contributed by atoms with Crippen molar-refractivity contribution in [3.8, 4) is 0 Å². The van der Waals surface area contributed by atoms with Crippen molar-refractivity contribution in [1.29, 1.82) is 0 Å². The summed E-state index contributed by atoms with van der Waals surface area (Å²) >= 11 is 0. The molecule has 0 saturated heterocycles. The van der Waals surface area contributed by atoms with E-state index in [9.17, 15) is 0 Å². The van der Waals surface area contributed by atoms with Crippen molar-refractivity contribution in [2.24, 2.45) is 0 Å². The highest BCUT2D eigenvalue weighted by atomic mass is 14.2. The van der Waals surface area contributed by atoms with Gasteiger partial charge in [-0.25, -0.2) is 0 Å². The average molecular weight is 256 g/mol. The van der Waals surface area contributed by atoms with Crippen LogP contribution in [-0.2, 0) is 12.8 Å². The van der Waals surface area contributed by atoms with Gasteiger partial charge < -0.3 is 0 Å². The Hall–Kier alpha value is -2.34. The highest BCUT2D eigenvalue weighted by Gasteiger charge is 2.12. The van der Waals surface area contributed by atoms with Crippen molar-refractivity contribution in [3.05, 3.63) is 89.0 Å². The fourth-order valence-electron chi connectivity index (χ4n) is 3.16. The third-order valence-electron chi connectivity index (χ3n) is 4.13. The predicted molar refractivity (Wildman–Crippen MR) is 85.8 cm³/mol. The van der Waals surface area contributed by atoms with E-state index in [-0.39, 0.29) is 0 Å². The minimum absolute atomic E-state index is 1.05. The number of rotatable bonds is 2. The molecule has 0 saturated carbocycles. The minimum Gasteiger partial charge on any atom is -0.0619 e. The van der Waals surface area contributed by atoms with Gasteiger partial charge in [-0.2, -0.15) is 0 Å². The van der Waals surface area contributed by atoms with Crippen LogP contribution in [0.1, 0.15) is 16.7 Å². The summed E-state index contributed by atoms with van der Waals surface area (Å²) in [7, 11) is 0. The second kappa shape index (κ2) is 4.64. The molecule has 0 fully saturated rings. The minimum atomic E-state index is 1.05. The Morgan fingerprint density at radius 1 is 0.750 bits per heavy atom. The second-order valence-corrected chi connectivity index (χ2v) is 5.49. The molecule has 0 atom stereocenters. The molecule has 0 unspecified atom stereocenters. The van der Waals surface area contributed by atoms with E-state index in [1.165, 1.54) is 33.0 Å². The van der Waals surface area contributed by atoms with E-state index in [1.54, 1.807) is 0 Å². The van der Waals surface area contributed by atoms with Crippen LogP contribution in [0.4, 0.5) is 0 Å². The van der Waals surface area contributed by atoms with Crippen LogP contribution in [0.15, 0.2) is 72.3 Å². The Bertz CT molecular complexity index is 804. The van der Waals surface area contributed by atoms with E-state index < -0.39 is 0 Å². The van der Waals surface area contributed by atoms with Gasteiger partial charge in [0, 0.05) is 0 Å². The first-order chi connectivity index (χ1) is 9.90. The molecule has 0 heterocycles. The van der Waals surface area contributed by atoms with Crippen molar-refractivity contribution in [1.82, 2.24) is 0 Å². The lowest BCUT2D eigenvalue weighted by Crippen LogP contribution is -1.92. The van der Waals surface area contributed by atoms with Crippen LogP contribution in [-0.4, -0.2) is 0 Å². The van der Waals surface area contributed by atoms with Crippen LogP contribution in [0.2, 0.25) is 0 Å². The summed E-state index contributed by atoms with van der Waals surface area (Å²) in [6.07, 6.45) is 4.51. The first kappa shape index (κ1) is 11.5. The van der Waals surface area contributed by atoms with E-state index in [0.717, 1.165) is 12.8 Å². The van der Waals surface area contributed by atoms with E-state index in [4.69, 9.17) is 0 Å². The normalized spacial score (nSPS) is 13.3. The lowest BCUT2D eigenvalue weighted by atomic mass is 9.97. The van der Waals surface area contributed by atoms with Crippen LogP contribution >= 0.6 is 0 Å². The van der Waals surface area contributed by atoms with Gasteiger partial charge in [0.15, 0.2) is 0 Å². The van der Waals surface area contributed by atoms with E-state index in [1.807, 2.05) is 0 Å². The molecule has 0 nitrogen and oxygen atoms in total. The molecule has 96 valence electrons. The summed E-state index contributed by atoms with van der Waals surface area (Å²) in [4.78, 5) is 0. The number of hydrogen-bond donors (Lipinski definition) is 0. The van der Waals surface area contributed by atoms with Crippen LogP contribution in [0.5, 0.6) is 0 Å². The molecule has 0 radical (unpaired) electrons. The molecule has 1 aliphatic carbocycles. The monoisotopic (exact) mass is 256 g/mol. The number of hydrogen-bond acceptors (Lipinski definition) is 0. The topological polar surface area (TPSA) is 0 Å². The van der Waals surface area contributed by atoms with Gasteiger partial charge in [-0.15, -0.1) is 0 Å². The zero-order chi connectivity index (χ0) is 13.4. The molecule has 0 N–H and O–H groups in total. The molecule has 0 aromatic heterocycles. The average Bonchev–Trinajstić information content (AvgIpc) is 2.90. The zero-order valence-electron chi connectivity index (χ0n) is 11.3. The molecule has 0 aliphatic heterocycles. The van der Waals surface area contributed by atoms with Crippen molar-refractivity contribution in [3.63, 3.8) is 0 Å². The van der Waals surface area contributed by atoms with Gasteiger partial charge in [-0.05, 0) is 40.3 Å². The molecular weight excluding hydrogens is 240 g/mol. The van der Waals surface area contributed by atoms with E-state index >= 15 is 0 Å². The lowest BCUT2D eigenvalue weighted by molar-refractivity contribution is 1.08. The van der Waals surface area contributed by atoms with Crippen LogP contribution in [0.25, 0.3) is 16.8 Å². The van der Waals surface area contributed by atoms with Gasteiger partial charge in [0.25, 0.3) is 0 Å². The molecule has 3 aromatic rings. The van der Waals surface area contributed by atoms with Crippen LogP contribution in [0.3, 0.4) is 0 Å². The Morgan fingerprint density at radius 3 is 2.50 bits per heavy atom. The summed E-state index contributed by atoms with van der Waals surface area (Å²) in [5, 5.41) is 2.72. The standard InChI is InChI=1S/C20H16/c1-2-8-18-13-15(12-17(18)7-1)14-19-10-5-9-16-6-3-4-11-20(16)19/h1-12H,13-14H2. The van der Waals surface area contributed by atoms with Gasteiger partial charge in [-0.1, -0.05) is 78.4 Å². The molecular formula is C20H16. The van der Waals surface area contributed by atoms with Crippen molar-refractivity contribution in [2.75, 3.05) is 0 Å². The highest BCUT2D eigenvalue weighted by molar-refractivity contribution is 5.86. The lowest BCUT2D eigenvalue weighted by Gasteiger charge is -2.07. The summed E-state index contributed by atoms with van der Waals surface area (Å²) in [5.41, 5.74) is 5.80. The maximum absolute atomic E-state index is 2.36. The van der Waals surface area contributed by atoms with Crippen molar-refractivity contribution in [2.45, 2.75) is 12.8 Å². The fraction of sp³-hybridized carbons (Fsp3) is 0.100. The van der Waals surface area contributed by atoms with Gasteiger partial charge in [0.05, 0.1) is 0 Å². The quantitative estimate of drug-likeness (QED) is 0.603. The number of benzene rings is 3. The highest BCUT2D eigenvalue weighted by Crippen LogP contribution is 2.29. The maximum atomic E-state index is 2.36. The van der Waals surface area contributed by atoms with Gasteiger partial charge in [0.1, 0.15) is 0 Å². The predicted octanol–water partition coefficient (Wildman–Crippen LogP) is 5.02. The summed E-state index contributed by atoms with van der Waals surface area (Å²) in [5.74, 6) is 0. The van der Waals surface area contributed by atoms with Crippen LogP contribution < -0.4 is 0 Å². The van der Waals surface area contributed by atoms with Crippen molar-refractivity contribution >= 4 is 16.8 Å². The Kier molecular flexibility index (Phi) is 2.67. The van der Waals surface area contributed by atoms with E-state index in [2.05, 4.69) is 72.8 Å². The molecule has 1 aliphatic rings. The molecule has 4 rings (SSSR count). The number of fused-ring (bicyclic) bond motifs is 2.